The minimum Gasteiger partial charge on any atom is -0.372 e. The van der Waals surface area contributed by atoms with Gasteiger partial charge in [0.1, 0.15) is 11.9 Å². The molecule has 0 aromatic carbocycles. The molecule has 21 heavy (non-hydrogen) atoms. The minimum absolute atomic E-state index is 0.0655. The van der Waals surface area contributed by atoms with E-state index >= 15 is 0 Å². The van der Waals surface area contributed by atoms with E-state index in [-0.39, 0.29) is 16.9 Å². The summed E-state index contributed by atoms with van der Waals surface area (Å²) in [6.07, 6.45) is -0.135. The maximum absolute atomic E-state index is 5.93. The molecule has 1 N–H and O–H groups in total. The summed E-state index contributed by atoms with van der Waals surface area (Å²) in [4.78, 5) is 9.47. The van der Waals surface area contributed by atoms with Crippen LogP contribution in [0.2, 0.25) is 0 Å². The molecule has 4 nitrogen and oxygen atoms in total. The van der Waals surface area contributed by atoms with Crippen LogP contribution in [0.1, 0.15) is 66.1 Å². The maximum atomic E-state index is 5.93. The average molecular weight is 358 g/mol. The van der Waals surface area contributed by atoms with E-state index in [0.717, 1.165) is 21.8 Å². The number of aromatic nitrogens is 2. The van der Waals surface area contributed by atoms with Gasteiger partial charge in [-0.15, -0.1) is 0 Å². The predicted molar refractivity (Wildman–Crippen MR) is 91.8 cm³/mol. The van der Waals surface area contributed by atoms with E-state index in [1.807, 2.05) is 14.0 Å². The molecule has 0 aliphatic carbocycles. The Morgan fingerprint density at radius 2 is 1.71 bits per heavy atom. The molecule has 1 aromatic rings. The molecular weight excluding hydrogens is 330 g/mol. The molecule has 0 radical (unpaired) electrons. The van der Waals surface area contributed by atoms with Crippen LogP contribution in [0.15, 0.2) is 4.47 Å². The van der Waals surface area contributed by atoms with Gasteiger partial charge in [-0.1, -0.05) is 41.5 Å². The fourth-order valence-electron chi connectivity index (χ4n) is 2.12. The average Bonchev–Trinajstić information content (AvgIpc) is 2.33. The zero-order valence-corrected chi connectivity index (χ0v) is 16.1. The van der Waals surface area contributed by atoms with Gasteiger partial charge in [-0.05, 0) is 28.3 Å². The fourth-order valence-corrected chi connectivity index (χ4v) is 3.09. The number of nitrogens with one attached hydrogen (secondary N) is 1. The first kappa shape index (κ1) is 18.4. The lowest BCUT2D eigenvalue weighted by Crippen LogP contribution is -2.26. The Morgan fingerprint density at radius 3 is 2.10 bits per heavy atom. The van der Waals surface area contributed by atoms with Gasteiger partial charge in [0, 0.05) is 19.1 Å². The van der Waals surface area contributed by atoms with Gasteiger partial charge in [0.25, 0.3) is 0 Å². The normalized spacial score (nSPS) is 14.1. The van der Waals surface area contributed by atoms with Gasteiger partial charge in [-0.3, -0.25) is 0 Å². The third kappa shape index (κ3) is 4.39. The predicted octanol–water partition coefficient (Wildman–Crippen LogP) is 4.70. The number of ether oxygens (including phenoxy) is 1. The van der Waals surface area contributed by atoms with Gasteiger partial charge in [-0.2, -0.15) is 0 Å². The second-order valence-electron chi connectivity index (χ2n) is 7.29. The molecule has 1 atom stereocenters. The molecule has 1 rings (SSSR count). The fraction of sp³-hybridized carbons (Fsp3) is 0.750. The van der Waals surface area contributed by atoms with E-state index < -0.39 is 0 Å². The largest absolute Gasteiger partial charge is 0.372 e. The molecule has 120 valence electrons. The molecule has 0 aliphatic heterocycles. The topological polar surface area (TPSA) is 47.0 Å². The summed E-state index contributed by atoms with van der Waals surface area (Å²) in [6.45, 7) is 15.5. The van der Waals surface area contributed by atoms with Crippen molar-refractivity contribution >= 4 is 21.7 Å². The quantitative estimate of drug-likeness (QED) is 0.847. The van der Waals surface area contributed by atoms with Gasteiger partial charge in [-0.25, -0.2) is 9.97 Å². The van der Waals surface area contributed by atoms with Crippen LogP contribution in [-0.4, -0.2) is 23.6 Å². The Morgan fingerprint density at radius 1 is 1.14 bits per heavy atom. The van der Waals surface area contributed by atoms with E-state index in [0.29, 0.717) is 6.61 Å². The monoisotopic (exact) mass is 357 g/mol. The smallest absolute Gasteiger partial charge is 0.160 e. The van der Waals surface area contributed by atoms with Crippen molar-refractivity contribution in [2.24, 2.45) is 5.41 Å². The summed E-state index contributed by atoms with van der Waals surface area (Å²) in [6, 6.07) is 0. The molecule has 0 fully saturated rings. The Kier molecular flexibility index (Phi) is 5.78. The molecule has 0 amide bonds. The summed E-state index contributed by atoms with van der Waals surface area (Å²) in [5, 5.41) is 3.14. The molecule has 0 bridgehead atoms. The zero-order valence-electron chi connectivity index (χ0n) is 14.5. The number of hydrogen-bond donors (Lipinski definition) is 1. The first-order valence-corrected chi connectivity index (χ1v) is 8.19. The maximum Gasteiger partial charge on any atom is 0.160 e. The van der Waals surface area contributed by atoms with Crippen LogP contribution >= 0.6 is 15.9 Å². The summed E-state index contributed by atoms with van der Waals surface area (Å²) < 4.78 is 6.85. The van der Waals surface area contributed by atoms with Crippen molar-refractivity contribution in [3.05, 3.63) is 16.0 Å². The van der Waals surface area contributed by atoms with Crippen molar-refractivity contribution in [2.45, 2.75) is 60.0 Å². The van der Waals surface area contributed by atoms with E-state index in [1.165, 1.54) is 0 Å². The molecule has 1 unspecified atom stereocenters. The van der Waals surface area contributed by atoms with Crippen LogP contribution in [0.25, 0.3) is 0 Å². The van der Waals surface area contributed by atoms with Crippen molar-refractivity contribution in [1.82, 2.24) is 9.97 Å². The first-order chi connectivity index (χ1) is 9.52. The van der Waals surface area contributed by atoms with Crippen LogP contribution < -0.4 is 5.32 Å². The molecule has 0 aliphatic rings. The Labute approximate surface area is 137 Å². The Hall–Kier alpha value is -0.680. The molecule has 0 saturated heterocycles. The zero-order chi connectivity index (χ0) is 16.4. The summed E-state index contributed by atoms with van der Waals surface area (Å²) in [7, 11) is 1.87. The molecule has 1 aromatic heterocycles. The van der Waals surface area contributed by atoms with Crippen molar-refractivity contribution in [2.75, 3.05) is 19.0 Å². The van der Waals surface area contributed by atoms with E-state index in [4.69, 9.17) is 9.72 Å². The first-order valence-electron chi connectivity index (χ1n) is 7.39. The van der Waals surface area contributed by atoms with Crippen LogP contribution in [-0.2, 0) is 10.2 Å². The van der Waals surface area contributed by atoms with Crippen molar-refractivity contribution in [1.29, 1.82) is 0 Å². The Bertz CT molecular complexity index is 490. The molecule has 0 spiro atoms. The lowest BCUT2D eigenvalue weighted by Gasteiger charge is -2.31. The highest BCUT2D eigenvalue weighted by Crippen LogP contribution is 2.38. The number of anilines is 1. The second kappa shape index (κ2) is 6.61. The van der Waals surface area contributed by atoms with E-state index in [9.17, 15) is 0 Å². The number of hydrogen-bond acceptors (Lipinski definition) is 4. The number of nitrogens with zero attached hydrogens (tertiary/aromatic N) is 2. The van der Waals surface area contributed by atoms with Crippen molar-refractivity contribution < 1.29 is 4.74 Å². The SMILES string of the molecule is CCOC(c1nc(NC)c(Br)c(C(C)(C)C)n1)C(C)(C)C. The summed E-state index contributed by atoms with van der Waals surface area (Å²) in [5.74, 6) is 1.54. The molecule has 5 heteroatoms. The number of rotatable bonds is 4. The van der Waals surface area contributed by atoms with Gasteiger partial charge in [0.05, 0.1) is 10.2 Å². The van der Waals surface area contributed by atoms with Crippen LogP contribution in [0, 0.1) is 5.41 Å². The van der Waals surface area contributed by atoms with Crippen molar-refractivity contribution in [3.63, 3.8) is 0 Å². The lowest BCUT2D eigenvalue weighted by atomic mass is 9.87. The highest BCUT2D eigenvalue weighted by atomic mass is 79.9. The van der Waals surface area contributed by atoms with Gasteiger partial charge in [0.15, 0.2) is 5.82 Å². The van der Waals surface area contributed by atoms with Gasteiger partial charge < -0.3 is 10.1 Å². The third-order valence-corrected chi connectivity index (χ3v) is 3.92. The lowest BCUT2D eigenvalue weighted by molar-refractivity contribution is -0.0192. The molecular formula is C16H28BrN3O. The third-order valence-electron chi connectivity index (χ3n) is 3.17. The Balaban J connectivity index is 3.48. The second-order valence-corrected chi connectivity index (χ2v) is 8.09. The highest BCUT2D eigenvalue weighted by molar-refractivity contribution is 9.10. The summed E-state index contributed by atoms with van der Waals surface area (Å²) >= 11 is 3.62. The van der Waals surface area contributed by atoms with Gasteiger partial charge >= 0.3 is 0 Å². The van der Waals surface area contributed by atoms with Crippen LogP contribution in [0.3, 0.4) is 0 Å². The molecule has 0 saturated carbocycles. The summed E-state index contributed by atoms with van der Waals surface area (Å²) in [5.41, 5.74) is 0.853. The van der Waals surface area contributed by atoms with Crippen molar-refractivity contribution in [3.8, 4) is 0 Å². The van der Waals surface area contributed by atoms with E-state index in [1.54, 1.807) is 0 Å². The van der Waals surface area contributed by atoms with Crippen LogP contribution in [0.5, 0.6) is 0 Å². The molecule has 1 heterocycles. The highest BCUT2D eigenvalue weighted by Gasteiger charge is 2.32. The standard InChI is InChI=1S/C16H28BrN3O/c1-9-21-12(16(5,6)7)14-19-11(15(2,3)4)10(17)13(18-8)20-14/h12H,9H2,1-8H3,(H,18,19,20). The van der Waals surface area contributed by atoms with Gasteiger partial charge in [0.2, 0.25) is 0 Å². The number of halogens is 1. The van der Waals surface area contributed by atoms with Crippen LogP contribution in [0.4, 0.5) is 5.82 Å². The minimum atomic E-state index is -0.135. The van der Waals surface area contributed by atoms with E-state index in [2.05, 4.69) is 67.8 Å².